The Morgan fingerprint density at radius 1 is 1.24 bits per heavy atom. The van der Waals surface area contributed by atoms with E-state index in [2.05, 4.69) is 43.8 Å². The molecule has 0 saturated carbocycles. The van der Waals surface area contributed by atoms with E-state index < -0.39 is 0 Å². The molecular formula is C12H14Br2N2O. The van der Waals surface area contributed by atoms with Gasteiger partial charge < -0.3 is 9.47 Å². The first-order valence-corrected chi connectivity index (χ1v) is 7.42. The van der Waals surface area contributed by atoms with Crippen molar-refractivity contribution in [2.45, 2.75) is 18.9 Å². The van der Waals surface area contributed by atoms with Crippen LogP contribution in [0.15, 0.2) is 19.8 Å². The van der Waals surface area contributed by atoms with Crippen molar-refractivity contribution in [2.75, 3.05) is 20.1 Å². The molecule has 2 aliphatic rings. The Hall–Kier alpha value is -0.130. The fraction of sp³-hybridized carbons (Fsp3) is 0.583. The van der Waals surface area contributed by atoms with E-state index in [0.717, 1.165) is 24.1 Å². The predicted octanol–water partition coefficient (Wildman–Crippen LogP) is 2.42. The van der Waals surface area contributed by atoms with Gasteiger partial charge in [-0.1, -0.05) is 0 Å². The van der Waals surface area contributed by atoms with Crippen molar-refractivity contribution in [1.82, 2.24) is 9.47 Å². The topological polar surface area (TPSA) is 25.2 Å². The number of hydrogen-bond donors (Lipinski definition) is 0. The van der Waals surface area contributed by atoms with E-state index in [-0.39, 0.29) is 5.56 Å². The molecule has 1 aromatic heterocycles. The summed E-state index contributed by atoms with van der Waals surface area (Å²) in [6.45, 7) is 3.01. The third-order valence-corrected chi connectivity index (χ3v) is 4.99. The highest BCUT2D eigenvalue weighted by Crippen LogP contribution is 2.38. The van der Waals surface area contributed by atoms with Crippen LogP contribution in [0.3, 0.4) is 0 Å². The second kappa shape index (κ2) is 4.21. The summed E-state index contributed by atoms with van der Waals surface area (Å²) in [7, 11) is 2.17. The third kappa shape index (κ3) is 1.92. The molecule has 92 valence electrons. The van der Waals surface area contributed by atoms with E-state index in [1.54, 1.807) is 0 Å². The predicted molar refractivity (Wildman–Crippen MR) is 74.4 cm³/mol. The van der Waals surface area contributed by atoms with Crippen LogP contribution in [-0.4, -0.2) is 29.6 Å². The third-order valence-electron chi connectivity index (χ3n) is 3.79. The minimum atomic E-state index is 0.113. The van der Waals surface area contributed by atoms with E-state index in [0.29, 0.717) is 16.3 Å². The monoisotopic (exact) mass is 360 g/mol. The molecule has 2 atom stereocenters. The number of nitrogens with zero attached hydrogens (tertiary/aromatic N) is 2. The first-order chi connectivity index (χ1) is 8.06. The van der Waals surface area contributed by atoms with Gasteiger partial charge in [-0.3, -0.25) is 4.79 Å². The van der Waals surface area contributed by atoms with Gasteiger partial charge in [0.05, 0.1) is 4.47 Å². The molecular weight excluding hydrogens is 348 g/mol. The lowest BCUT2D eigenvalue weighted by molar-refractivity contribution is 0.144. The molecule has 3 heterocycles. The van der Waals surface area contributed by atoms with Crippen molar-refractivity contribution in [3.05, 3.63) is 31.1 Å². The highest BCUT2D eigenvalue weighted by atomic mass is 79.9. The largest absolute Gasteiger partial charge is 0.310 e. The summed E-state index contributed by atoms with van der Waals surface area (Å²) >= 11 is 6.95. The molecule has 2 unspecified atom stereocenters. The number of rotatable bonds is 0. The molecule has 1 fully saturated rings. The van der Waals surface area contributed by atoms with Crippen LogP contribution in [0.1, 0.15) is 18.0 Å². The lowest BCUT2D eigenvalue weighted by atomic mass is 9.83. The van der Waals surface area contributed by atoms with Crippen LogP contribution in [0.25, 0.3) is 0 Å². The van der Waals surface area contributed by atoms with Gasteiger partial charge in [0.2, 0.25) is 0 Å². The van der Waals surface area contributed by atoms with Gasteiger partial charge in [-0.05, 0) is 57.3 Å². The lowest BCUT2D eigenvalue weighted by Gasteiger charge is -2.41. The van der Waals surface area contributed by atoms with Gasteiger partial charge >= 0.3 is 0 Å². The molecule has 0 spiro atoms. The Balaban J connectivity index is 2.18. The molecule has 0 radical (unpaired) electrons. The van der Waals surface area contributed by atoms with Gasteiger partial charge in [-0.2, -0.15) is 0 Å². The second-order valence-electron chi connectivity index (χ2n) is 5.16. The Morgan fingerprint density at radius 3 is 2.76 bits per heavy atom. The Morgan fingerprint density at radius 2 is 2.00 bits per heavy atom. The highest BCUT2D eigenvalue weighted by Gasteiger charge is 2.34. The molecule has 3 nitrogen and oxygen atoms in total. The molecule has 17 heavy (non-hydrogen) atoms. The van der Waals surface area contributed by atoms with E-state index in [1.807, 2.05) is 10.6 Å². The number of halogens is 2. The van der Waals surface area contributed by atoms with E-state index in [1.165, 1.54) is 12.1 Å². The van der Waals surface area contributed by atoms with Crippen molar-refractivity contribution < 1.29 is 0 Å². The maximum Gasteiger partial charge on any atom is 0.265 e. The van der Waals surface area contributed by atoms with Crippen molar-refractivity contribution in [1.29, 1.82) is 0 Å². The van der Waals surface area contributed by atoms with Gasteiger partial charge in [0.1, 0.15) is 0 Å². The number of likely N-dealkylation sites (tertiary alicyclic amines) is 1. The van der Waals surface area contributed by atoms with Gasteiger partial charge in [-0.25, -0.2) is 0 Å². The summed E-state index contributed by atoms with van der Waals surface area (Å²) in [4.78, 5) is 14.5. The zero-order valence-electron chi connectivity index (χ0n) is 9.62. The molecule has 3 rings (SSSR count). The summed E-state index contributed by atoms with van der Waals surface area (Å²) in [6.07, 6.45) is 1.21. The lowest BCUT2D eigenvalue weighted by Crippen LogP contribution is -2.46. The molecule has 2 aliphatic heterocycles. The molecule has 0 amide bonds. The van der Waals surface area contributed by atoms with Crippen LogP contribution >= 0.6 is 31.9 Å². The number of aromatic nitrogens is 1. The first kappa shape index (κ1) is 11.9. The molecule has 5 heteroatoms. The standard InChI is InChI=1S/C12H14Br2N2O/c1-15-4-7-2-8(6-15)11-9(13)3-10(14)12(17)16(11)5-7/h3,7-8H,2,4-6H2,1H3. The van der Waals surface area contributed by atoms with Gasteiger partial charge in [-0.15, -0.1) is 0 Å². The van der Waals surface area contributed by atoms with Crippen LogP contribution in [0.2, 0.25) is 0 Å². The zero-order chi connectivity index (χ0) is 12.2. The number of fused-ring (bicyclic) bond motifs is 4. The quantitative estimate of drug-likeness (QED) is 0.709. The average molecular weight is 362 g/mol. The van der Waals surface area contributed by atoms with Gasteiger partial charge in [0, 0.05) is 35.7 Å². The van der Waals surface area contributed by atoms with Crippen LogP contribution in [0.4, 0.5) is 0 Å². The Labute approximate surface area is 117 Å². The smallest absolute Gasteiger partial charge is 0.265 e. The van der Waals surface area contributed by atoms with Crippen LogP contribution < -0.4 is 5.56 Å². The second-order valence-corrected chi connectivity index (χ2v) is 6.87. The maximum absolute atomic E-state index is 12.2. The zero-order valence-corrected chi connectivity index (χ0v) is 12.8. The van der Waals surface area contributed by atoms with Crippen molar-refractivity contribution in [2.24, 2.45) is 5.92 Å². The number of hydrogen-bond acceptors (Lipinski definition) is 2. The van der Waals surface area contributed by atoms with Gasteiger partial charge in [0.15, 0.2) is 0 Å². The summed E-state index contributed by atoms with van der Waals surface area (Å²) in [5.74, 6) is 1.10. The molecule has 0 N–H and O–H groups in total. The SMILES string of the molecule is CN1CC2CC(C1)c1c(Br)cc(Br)c(=O)n1C2. The van der Waals surface area contributed by atoms with Crippen molar-refractivity contribution in [3.63, 3.8) is 0 Å². The van der Waals surface area contributed by atoms with Crippen molar-refractivity contribution in [3.8, 4) is 0 Å². The van der Waals surface area contributed by atoms with Gasteiger partial charge in [0.25, 0.3) is 5.56 Å². The molecule has 1 aromatic rings. The molecule has 2 bridgehead atoms. The van der Waals surface area contributed by atoms with Crippen LogP contribution in [0.5, 0.6) is 0 Å². The molecule has 0 aliphatic carbocycles. The van der Waals surface area contributed by atoms with Crippen LogP contribution in [-0.2, 0) is 6.54 Å². The fourth-order valence-electron chi connectivity index (χ4n) is 3.24. The summed E-state index contributed by atoms with van der Waals surface area (Å²) in [5.41, 5.74) is 1.29. The highest BCUT2D eigenvalue weighted by molar-refractivity contribution is 9.11. The minimum Gasteiger partial charge on any atom is -0.310 e. The summed E-state index contributed by atoms with van der Waals surface area (Å²) in [6, 6.07) is 1.89. The number of piperidine rings is 1. The van der Waals surface area contributed by atoms with Crippen LogP contribution in [0, 0.1) is 5.92 Å². The van der Waals surface area contributed by atoms with Crippen molar-refractivity contribution >= 4 is 31.9 Å². The summed E-state index contributed by atoms with van der Waals surface area (Å²) in [5, 5.41) is 0. The molecule has 0 aromatic carbocycles. The minimum absolute atomic E-state index is 0.113. The molecule has 1 saturated heterocycles. The van der Waals surface area contributed by atoms with E-state index in [9.17, 15) is 4.79 Å². The number of pyridine rings is 1. The van der Waals surface area contributed by atoms with E-state index in [4.69, 9.17) is 0 Å². The first-order valence-electron chi connectivity index (χ1n) is 5.83. The van der Waals surface area contributed by atoms with E-state index >= 15 is 0 Å². The summed E-state index contributed by atoms with van der Waals surface area (Å²) < 4.78 is 3.67. The average Bonchev–Trinajstić information content (AvgIpc) is 2.24. The Bertz CT molecular complexity index is 526. The number of likely N-dealkylation sites (N-methyl/N-ethyl adjacent to an activating group) is 1. The maximum atomic E-state index is 12.2. The Kier molecular flexibility index (Phi) is 2.96. The normalized spacial score (nSPS) is 27.9. The fourth-order valence-corrected chi connectivity index (χ4v) is 4.76.